The Hall–Kier alpha value is -1.12. The lowest BCUT2D eigenvalue weighted by molar-refractivity contribution is -0.137. The molecule has 0 spiro atoms. The van der Waals surface area contributed by atoms with Crippen molar-refractivity contribution in [2.24, 2.45) is 10.8 Å². The van der Waals surface area contributed by atoms with Crippen LogP contribution in [0.3, 0.4) is 0 Å². The van der Waals surface area contributed by atoms with Crippen LogP contribution in [0.5, 0.6) is 0 Å². The lowest BCUT2D eigenvalue weighted by Crippen LogP contribution is -2.37. The molecule has 1 atom stereocenters. The number of carboxylic acid groups (broad SMARTS) is 1. The van der Waals surface area contributed by atoms with Gasteiger partial charge in [0.25, 0.3) is 0 Å². The third-order valence-corrected chi connectivity index (χ3v) is 4.39. The van der Waals surface area contributed by atoms with Gasteiger partial charge >= 0.3 is 5.97 Å². The van der Waals surface area contributed by atoms with Crippen molar-refractivity contribution in [2.75, 3.05) is 0 Å². The molecular weight excluding hydrogens is 228 g/mol. The molecule has 18 heavy (non-hydrogen) atoms. The first-order chi connectivity index (χ1) is 8.29. The first kappa shape index (κ1) is 14.9. The molecule has 0 saturated carbocycles. The van der Waals surface area contributed by atoms with E-state index in [1.54, 1.807) is 0 Å². The van der Waals surface area contributed by atoms with Gasteiger partial charge in [0.2, 0.25) is 0 Å². The molecule has 0 aromatic rings. The molecule has 0 fully saturated rings. The minimum absolute atomic E-state index is 0.0643. The van der Waals surface area contributed by atoms with E-state index in [0.29, 0.717) is 18.6 Å². The van der Waals surface area contributed by atoms with Crippen molar-refractivity contribution in [1.29, 1.82) is 0 Å². The highest BCUT2D eigenvalue weighted by molar-refractivity contribution is 5.86. The molecule has 0 aliphatic heterocycles. The van der Waals surface area contributed by atoms with Crippen LogP contribution in [0.2, 0.25) is 0 Å². The van der Waals surface area contributed by atoms with E-state index in [0.717, 1.165) is 19.3 Å². The number of carboxylic acids is 1. The second kappa shape index (κ2) is 5.68. The molecule has 0 amide bonds. The van der Waals surface area contributed by atoms with E-state index >= 15 is 0 Å². The highest BCUT2D eigenvalue weighted by atomic mass is 16.4. The standard InChI is InChI=1S/C15H24O3/c1-14(2)10-7-11-15(14,3)12(16)8-5-4-6-9-13(17)18/h7,10H,4-6,8-9,11H2,1-3H3,(H,17,18)/t15-/m1/s1. The van der Waals surface area contributed by atoms with E-state index in [1.807, 2.05) is 6.92 Å². The number of Topliss-reactive ketones (excluding diaryl/α,β-unsaturated/α-hetero) is 1. The average Bonchev–Trinajstić information content (AvgIpc) is 2.53. The number of aliphatic carboxylic acids is 1. The first-order valence-electron chi connectivity index (χ1n) is 6.72. The molecule has 0 heterocycles. The molecule has 102 valence electrons. The second-order valence-corrected chi connectivity index (χ2v) is 6.04. The quantitative estimate of drug-likeness (QED) is 0.556. The maximum atomic E-state index is 12.3. The third-order valence-electron chi connectivity index (χ3n) is 4.39. The Morgan fingerprint density at radius 1 is 1.11 bits per heavy atom. The fraction of sp³-hybridized carbons (Fsp3) is 0.733. The predicted molar refractivity (Wildman–Crippen MR) is 71.4 cm³/mol. The number of hydrogen-bond acceptors (Lipinski definition) is 2. The third kappa shape index (κ3) is 3.21. The van der Waals surface area contributed by atoms with E-state index < -0.39 is 5.97 Å². The molecule has 1 aliphatic rings. The summed E-state index contributed by atoms with van der Waals surface area (Å²) in [6, 6.07) is 0. The minimum atomic E-state index is -0.755. The number of carbonyl (C=O) groups excluding carboxylic acids is 1. The summed E-state index contributed by atoms with van der Waals surface area (Å²) in [5.74, 6) is -0.442. The summed E-state index contributed by atoms with van der Waals surface area (Å²) < 4.78 is 0. The molecule has 1 aliphatic carbocycles. The zero-order chi connectivity index (χ0) is 13.8. The topological polar surface area (TPSA) is 54.4 Å². The molecular formula is C15H24O3. The lowest BCUT2D eigenvalue weighted by Gasteiger charge is -2.36. The number of carbonyl (C=O) groups is 2. The van der Waals surface area contributed by atoms with Crippen LogP contribution in [-0.2, 0) is 9.59 Å². The highest BCUT2D eigenvalue weighted by Gasteiger charge is 2.46. The molecule has 1 rings (SSSR count). The fourth-order valence-electron chi connectivity index (χ4n) is 2.52. The molecule has 0 saturated heterocycles. The highest BCUT2D eigenvalue weighted by Crippen LogP contribution is 2.49. The van der Waals surface area contributed by atoms with Crippen LogP contribution in [0.25, 0.3) is 0 Å². The van der Waals surface area contributed by atoms with Crippen molar-refractivity contribution in [1.82, 2.24) is 0 Å². The summed E-state index contributed by atoms with van der Waals surface area (Å²) in [7, 11) is 0. The number of hydrogen-bond donors (Lipinski definition) is 1. The van der Waals surface area contributed by atoms with Crippen LogP contribution in [0, 0.1) is 10.8 Å². The number of unbranched alkanes of at least 4 members (excludes halogenated alkanes) is 2. The van der Waals surface area contributed by atoms with Crippen molar-refractivity contribution in [2.45, 2.75) is 59.3 Å². The summed E-state index contributed by atoms with van der Waals surface area (Å²) in [6.07, 6.45) is 8.13. The Morgan fingerprint density at radius 3 is 2.22 bits per heavy atom. The molecule has 0 unspecified atom stereocenters. The van der Waals surface area contributed by atoms with Crippen molar-refractivity contribution in [3.05, 3.63) is 12.2 Å². The van der Waals surface area contributed by atoms with Gasteiger partial charge in [0.05, 0.1) is 0 Å². The summed E-state index contributed by atoms with van der Waals surface area (Å²) >= 11 is 0. The van der Waals surface area contributed by atoms with Gasteiger partial charge in [-0.3, -0.25) is 9.59 Å². The summed E-state index contributed by atoms with van der Waals surface area (Å²) in [5, 5.41) is 8.53. The minimum Gasteiger partial charge on any atom is -0.481 e. The van der Waals surface area contributed by atoms with Crippen LogP contribution < -0.4 is 0 Å². The normalized spacial score (nSPS) is 25.3. The van der Waals surface area contributed by atoms with Crippen LogP contribution >= 0.6 is 0 Å². The Bertz CT molecular complexity index is 355. The van der Waals surface area contributed by atoms with Gasteiger partial charge in [-0.1, -0.05) is 39.3 Å². The second-order valence-electron chi connectivity index (χ2n) is 6.04. The molecule has 0 bridgehead atoms. The fourth-order valence-corrected chi connectivity index (χ4v) is 2.52. The van der Waals surface area contributed by atoms with Gasteiger partial charge in [0.1, 0.15) is 5.78 Å². The van der Waals surface area contributed by atoms with E-state index in [2.05, 4.69) is 26.0 Å². The molecule has 0 aromatic carbocycles. The van der Waals surface area contributed by atoms with Crippen molar-refractivity contribution >= 4 is 11.8 Å². The van der Waals surface area contributed by atoms with Gasteiger partial charge in [-0.25, -0.2) is 0 Å². The monoisotopic (exact) mass is 252 g/mol. The Labute approximate surface area is 109 Å². The van der Waals surface area contributed by atoms with Crippen LogP contribution in [-0.4, -0.2) is 16.9 Å². The van der Waals surface area contributed by atoms with E-state index in [4.69, 9.17) is 5.11 Å². The zero-order valence-electron chi connectivity index (χ0n) is 11.7. The molecule has 3 heteroatoms. The van der Waals surface area contributed by atoms with Crippen molar-refractivity contribution in [3.63, 3.8) is 0 Å². The zero-order valence-corrected chi connectivity index (χ0v) is 11.7. The van der Waals surface area contributed by atoms with Crippen LogP contribution in [0.4, 0.5) is 0 Å². The molecule has 3 nitrogen and oxygen atoms in total. The number of allylic oxidation sites excluding steroid dienone is 2. The van der Waals surface area contributed by atoms with Gasteiger partial charge in [-0.15, -0.1) is 0 Å². The van der Waals surface area contributed by atoms with Crippen LogP contribution in [0.1, 0.15) is 59.3 Å². The summed E-state index contributed by atoms with van der Waals surface area (Å²) in [4.78, 5) is 22.7. The van der Waals surface area contributed by atoms with Crippen LogP contribution in [0.15, 0.2) is 12.2 Å². The predicted octanol–water partition coefficient (Wildman–Crippen LogP) is 3.58. The van der Waals surface area contributed by atoms with Gasteiger partial charge in [0, 0.05) is 18.3 Å². The van der Waals surface area contributed by atoms with E-state index in [-0.39, 0.29) is 17.3 Å². The maximum Gasteiger partial charge on any atom is 0.303 e. The number of ketones is 1. The van der Waals surface area contributed by atoms with Gasteiger partial charge < -0.3 is 5.11 Å². The largest absolute Gasteiger partial charge is 0.481 e. The smallest absolute Gasteiger partial charge is 0.303 e. The maximum absolute atomic E-state index is 12.3. The number of rotatable bonds is 7. The average molecular weight is 252 g/mol. The summed E-state index contributed by atoms with van der Waals surface area (Å²) in [5.41, 5.74) is -0.342. The van der Waals surface area contributed by atoms with Gasteiger partial charge in [-0.2, -0.15) is 0 Å². The molecule has 0 aromatic heterocycles. The first-order valence-corrected chi connectivity index (χ1v) is 6.72. The molecule has 0 radical (unpaired) electrons. The van der Waals surface area contributed by atoms with Gasteiger partial charge in [0.15, 0.2) is 0 Å². The van der Waals surface area contributed by atoms with E-state index in [1.165, 1.54) is 0 Å². The Kier molecular flexibility index (Phi) is 4.71. The summed E-state index contributed by atoms with van der Waals surface area (Å²) in [6.45, 7) is 6.27. The Morgan fingerprint density at radius 2 is 1.72 bits per heavy atom. The molecule has 1 N–H and O–H groups in total. The van der Waals surface area contributed by atoms with Crippen molar-refractivity contribution in [3.8, 4) is 0 Å². The SMILES string of the molecule is CC1(C)C=CC[C@]1(C)C(=O)CCCCCC(=O)O. The van der Waals surface area contributed by atoms with Gasteiger partial charge in [-0.05, 0) is 24.7 Å². The Balaban J connectivity index is 2.35. The van der Waals surface area contributed by atoms with Crippen molar-refractivity contribution < 1.29 is 14.7 Å². The van der Waals surface area contributed by atoms with E-state index in [9.17, 15) is 9.59 Å². The lowest BCUT2D eigenvalue weighted by atomic mass is 9.65.